The largest absolute Gasteiger partial charge is 0.465 e. The van der Waals surface area contributed by atoms with Gasteiger partial charge in [-0.3, -0.25) is 0 Å². The highest BCUT2D eigenvalue weighted by Gasteiger charge is 2.26. The second kappa shape index (κ2) is 7.52. The number of aromatic nitrogens is 3. The Hall–Kier alpha value is -2.45. The van der Waals surface area contributed by atoms with Gasteiger partial charge in [0.2, 0.25) is 0 Å². The third-order valence-corrected chi connectivity index (χ3v) is 6.33. The Bertz CT molecular complexity index is 1050. The normalized spacial score (nSPS) is 14.6. The number of rotatable bonds is 3. The summed E-state index contributed by atoms with van der Waals surface area (Å²) in [4.78, 5) is 31.6. The van der Waals surface area contributed by atoms with Crippen LogP contribution in [-0.2, 0) is 4.74 Å². The van der Waals surface area contributed by atoms with Crippen LogP contribution in [-0.4, -0.2) is 54.2 Å². The maximum absolute atomic E-state index is 12.1. The Morgan fingerprint density at radius 2 is 1.82 bits per heavy atom. The highest BCUT2D eigenvalue weighted by Crippen LogP contribution is 2.36. The van der Waals surface area contributed by atoms with Crippen LogP contribution in [0.2, 0.25) is 5.02 Å². The minimum absolute atomic E-state index is 0.335. The Morgan fingerprint density at radius 1 is 1.14 bits per heavy atom. The Balaban J connectivity index is 1.66. The molecule has 0 unspecified atom stereocenters. The van der Waals surface area contributed by atoms with E-state index in [0.717, 1.165) is 53.6 Å². The molecule has 0 saturated carbocycles. The van der Waals surface area contributed by atoms with E-state index in [9.17, 15) is 4.79 Å². The van der Waals surface area contributed by atoms with Gasteiger partial charge in [0, 0.05) is 32.4 Å². The van der Waals surface area contributed by atoms with Gasteiger partial charge in [-0.15, -0.1) is 11.3 Å². The van der Waals surface area contributed by atoms with Gasteiger partial charge in [-0.25, -0.2) is 19.7 Å². The summed E-state index contributed by atoms with van der Waals surface area (Å²) < 4.78 is 4.92. The summed E-state index contributed by atoms with van der Waals surface area (Å²) in [5, 5.41) is 1.59. The number of piperazine rings is 1. The molecule has 7 nitrogen and oxygen atoms in total. The van der Waals surface area contributed by atoms with Gasteiger partial charge < -0.3 is 14.5 Å². The number of hydrogen-bond donors (Lipinski definition) is 0. The number of fused-ring (bicyclic) bond motifs is 1. The molecular weight excluding hydrogens is 398 g/mol. The van der Waals surface area contributed by atoms with Gasteiger partial charge in [-0.1, -0.05) is 11.6 Å². The predicted molar refractivity (Wildman–Crippen MR) is 112 cm³/mol. The molecule has 3 aromatic rings. The van der Waals surface area contributed by atoms with Crippen LogP contribution in [0.5, 0.6) is 0 Å². The topological polar surface area (TPSA) is 71.5 Å². The molecule has 0 aromatic carbocycles. The fourth-order valence-electron chi connectivity index (χ4n) is 3.48. The summed E-state index contributed by atoms with van der Waals surface area (Å²) in [5.74, 6) is 2.04. The number of nitrogens with zero attached hydrogens (tertiary/aromatic N) is 5. The van der Waals surface area contributed by atoms with Gasteiger partial charge >= 0.3 is 5.97 Å². The molecular formula is C19H20ClN5O2S. The van der Waals surface area contributed by atoms with Gasteiger partial charge in [-0.05, 0) is 31.5 Å². The fraction of sp³-hybridized carbons (Fsp3) is 0.368. The van der Waals surface area contributed by atoms with Gasteiger partial charge in [-0.2, -0.15) is 0 Å². The number of ether oxygens (including phenoxy) is 1. The third-order valence-electron chi connectivity index (χ3n) is 4.87. The van der Waals surface area contributed by atoms with Crippen molar-refractivity contribution in [3.8, 4) is 0 Å². The van der Waals surface area contributed by atoms with Crippen LogP contribution in [0.15, 0.2) is 18.3 Å². The van der Waals surface area contributed by atoms with E-state index in [0.29, 0.717) is 15.7 Å². The molecule has 1 saturated heterocycles. The first kappa shape index (κ1) is 18.9. The molecule has 0 bridgehead atoms. The van der Waals surface area contributed by atoms with Crippen molar-refractivity contribution in [3.63, 3.8) is 0 Å². The van der Waals surface area contributed by atoms with Gasteiger partial charge in [0.1, 0.15) is 27.2 Å². The van der Waals surface area contributed by atoms with Crippen molar-refractivity contribution < 1.29 is 9.53 Å². The van der Waals surface area contributed by atoms with Gasteiger partial charge in [0.15, 0.2) is 0 Å². The van der Waals surface area contributed by atoms with E-state index in [2.05, 4.69) is 19.8 Å². The zero-order valence-electron chi connectivity index (χ0n) is 15.9. The Morgan fingerprint density at radius 3 is 2.46 bits per heavy atom. The molecule has 0 atom stereocenters. The number of hydrogen-bond acceptors (Lipinski definition) is 8. The van der Waals surface area contributed by atoms with Gasteiger partial charge in [0.25, 0.3) is 0 Å². The standard InChI is InChI=1S/C19H20ClN5O2S/c1-11-14-17(22-12(2)23-18(14)28-15(11)19(26)27-3)25-9-7-24(8-10-25)16-13(20)5-4-6-21-16/h4-6H,7-10H2,1-3H3. The summed E-state index contributed by atoms with van der Waals surface area (Å²) in [5.41, 5.74) is 0.872. The molecule has 4 rings (SSSR count). The van der Waals surface area contributed by atoms with E-state index >= 15 is 0 Å². The van der Waals surface area contributed by atoms with Crippen molar-refractivity contribution in [2.75, 3.05) is 43.1 Å². The number of pyridine rings is 1. The number of thiophene rings is 1. The van der Waals surface area contributed by atoms with E-state index in [1.807, 2.05) is 26.0 Å². The predicted octanol–water partition coefficient (Wildman–Crippen LogP) is 3.47. The lowest BCUT2D eigenvalue weighted by atomic mass is 10.1. The lowest BCUT2D eigenvalue weighted by molar-refractivity contribution is 0.0605. The number of carbonyl (C=O) groups excluding carboxylic acids is 1. The first-order valence-electron chi connectivity index (χ1n) is 8.96. The molecule has 3 aromatic heterocycles. The molecule has 1 aliphatic heterocycles. The van der Waals surface area contributed by atoms with Crippen molar-refractivity contribution in [2.24, 2.45) is 0 Å². The zero-order valence-corrected chi connectivity index (χ0v) is 17.5. The smallest absolute Gasteiger partial charge is 0.348 e. The van der Waals surface area contributed by atoms with Crippen LogP contribution < -0.4 is 9.80 Å². The number of carbonyl (C=O) groups is 1. The highest BCUT2D eigenvalue weighted by atomic mass is 35.5. The Labute approximate surface area is 171 Å². The quantitative estimate of drug-likeness (QED) is 0.604. The fourth-order valence-corrected chi connectivity index (χ4v) is 4.86. The molecule has 146 valence electrons. The maximum atomic E-state index is 12.1. The summed E-state index contributed by atoms with van der Waals surface area (Å²) in [6.07, 6.45) is 1.76. The third kappa shape index (κ3) is 3.27. The molecule has 0 N–H and O–H groups in total. The van der Waals surface area contributed by atoms with E-state index in [-0.39, 0.29) is 5.97 Å². The van der Waals surface area contributed by atoms with Crippen LogP contribution >= 0.6 is 22.9 Å². The number of anilines is 2. The first-order chi connectivity index (χ1) is 13.5. The lowest BCUT2D eigenvalue weighted by Gasteiger charge is -2.36. The molecule has 9 heteroatoms. The number of aryl methyl sites for hydroxylation is 2. The minimum Gasteiger partial charge on any atom is -0.465 e. The number of esters is 1. The summed E-state index contributed by atoms with van der Waals surface area (Å²) in [7, 11) is 1.39. The highest BCUT2D eigenvalue weighted by molar-refractivity contribution is 7.20. The summed E-state index contributed by atoms with van der Waals surface area (Å²) >= 11 is 7.65. The van der Waals surface area contributed by atoms with Crippen LogP contribution in [0.1, 0.15) is 21.1 Å². The Kier molecular flexibility index (Phi) is 5.07. The molecule has 4 heterocycles. The van der Waals surface area contributed by atoms with Crippen LogP contribution in [0.4, 0.5) is 11.6 Å². The maximum Gasteiger partial charge on any atom is 0.348 e. The van der Waals surface area contributed by atoms with Crippen LogP contribution in [0, 0.1) is 13.8 Å². The van der Waals surface area contributed by atoms with E-state index in [1.165, 1.54) is 18.4 Å². The minimum atomic E-state index is -0.335. The molecule has 1 fully saturated rings. The van der Waals surface area contributed by atoms with Crippen LogP contribution in [0.3, 0.4) is 0 Å². The average Bonchev–Trinajstić information content (AvgIpc) is 3.03. The second-order valence-corrected chi connectivity index (χ2v) is 8.01. The van der Waals surface area contributed by atoms with Crippen molar-refractivity contribution in [1.29, 1.82) is 0 Å². The zero-order chi connectivity index (χ0) is 19.8. The first-order valence-corrected chi connectivity index (χ1v) is 10.2. The molecule has 1 aliphatic rings. The van der Waals surface area contributed by atoms with Crippen molar-refractivity contribution >= 4 is 50.8 Å². The second-order valence-electron chi connectivity index (χ2n) is 6.61. The molecule has 0 aliphatic carbocycles. The summed E-state index contributed by atoms with van der Waals surface area (Å²) in [6, 6.07) is 3.69. The van der Waals surface area contributed by atoms with Crippen LogP contribution in [0.25, 0.3) is 10.2 Å². The molecule has 0 spiro atoms. The van der Waals surface area contributed by atoms with E-state index < -0.39 is 0 Å². The number of halogens is 1. The molecule has 0 amide bonds. The van der Waals surface area contributed by atoms with E-state index in [1.54, 1.807) is 6.20 Å². The SMILES string of the molecule is COC(=O)c1sc2nc(C)nc(N3CCN(c4ncccc4Cl)CC3)c2c1C. The molecule has 0 radical (unpaired) electrons. The lowest BCUT2D eigenvalue weighted by Crippen LogP contribution is -2.47. The summed E-state index contributed by atoms with van der Waals surface area (Å²) in [6.45, 7) is 6.93. The monoisotopic (exact) mass is 417 g/mol. The number of methoxy groups -OCH3 is 1. The van der Waals surface area contributed by atoms with Crippen molar-refractivity contribution in [3.05, 3.63) is 39.6 Å². The van der Waals surface area contributed by atoms with E-state index in [4.69, 9.17) is 21.3 Å². The average molecular weight is 418 g/mol. The van der Waals surface area contributed by atoms with Crippen molar-refractivity contribution in [1.82, 2.24) is 15.0 Å². The molecule has 28 heavy (non-hydrogen) atoms. The van der Waals surface area contributed by atoms with Gasteiger partial charge in [0.05, 0.1) is 17.5 Å². The van der Waals surface area contributed by atoms with Crippen molar-refractivity contribution in [2.45, 2.75) is 13.8 Å².